The van der Waals surface area contributed by atoms with Crippen molar-refractivity contribution in [3.63, 3.8) is 0 Å². The van der Waals surface area contributed by atoms with Gasteiger partial charge in [0.05, 0.1) is 4.47 Å². The molecule has 2 atom stereocenters. The van der Waals surface area contributed by atoms with Gasteiger partial charge in [0.1, 0.15) is 6.10 Å². The lowest BCUT2D eigenvalue weighted by molar-refractivity contribution is 0.148. The third-order valence-electron chi connectivity index (χ3n) is 2.86. The first-order chi connectivity index (χ1) is 7.75. The predicted octanol–water partition coefficient (Wildman–Crippen LogP) is 2.28. The summed E-state index contributed by atoms with van der Waals surface area (Å²) in [5, 5.41) is 0. The minimum absolute atomic E-state index is 0.0590. The predicted molar refractivity (Wildman–Crippen MR) is 65.2 cm³/mol. The van der Waals surface area contributed by atoms with Crippen molar-refractivity contribution in [2.24, 2.45) is 5.73 Å². The molecule has 1 aliphatic rings. The highest BCUT2D eigenvalue weighted by atomic mass is 79.9. The molecule has 0 spiro atoms. The molecule has 0 radical (unpaired) electrons. The number of ether oxygens (including phenoxy) is 1. The molecule has 1 heterocycles. The van der Waals surface area contributed by atoms with Crippen molar-refractivity contribution in [2.75, 3.05) is 0 Å². The Kier molecular flexibility index (Phi) is 4.12. The molecule has 1 aromatic rings. The lowest BCUT2D eigenvalue weighted by Crippen LogP contribution is -2.38. The Morgan fingerprint density at radius 1 is 1.19 bits per heavy atom. The van der Waals surface area contributed by atoms with E-state index in [0.717, 1.165) is 17.3 Å². The summed E-state index contributed by atoms with van der Waals surface area (Å²) >= 11 is 3.29. The van der Waals surface area contributed by atoms with Crippen molar-refractivity contribution >= 4 is 15.9 Å². The van der Waals surface area contributed by atoms with Crippen molar-refractivity contribution in [1.82, 2.24) is 9.97 Å². The number of hydrogen-bond donors (Lipinski definition) is 1. The SMILES string of the molecule is NC1CCCCCC1Oc1ncc(Br)cn1. The van der Waals surface area contributed by atoms with E-state index in [-0.39, 0.29) is 12.1 Å². The Morgan fingerprint density at radius 2 is 1.88 bits per heavy atom. The van der Waals surface area contributed by atoms with Gasteiger partial charge in [0.15, 0.2) is 0 Å². The molecule has 2 N–H and O–H groups in total. The third-order valence-corrected chi connectivity index (χ3v) is 3.27. The van der Waals surface area contributed by atoms with Crippen LogP contribution < -0.4 is 10.5 Å². The zero-order valence-corrected chi connectivity index (χ0v) is 10.7. The summed E-state index contributed by atoms with van der Waals surface area (Å²) in [4.78, 5) is 8.20. The lowest BCUT2D eigenvalue weighted by atomic mass is 10.1. The van der Waals surface area contributed by atoms with Crippen LogP contribution in [0.25, 0.3) is 0 Å². The van der Waals surface area contributed by atoms with Gasteiger partial charge in [-0.2, -0.15) is 0 Å². The molecule has 1 fully saturated rings. The molecule has 2 rings (SSSR count). The van der Waals surface area contributed by atoms with Crippen molar-refractivity contribution in [2.45, 2.75) is 44.2 Å². The number of nitrogens with zero attached hydrogens (tertiary/aromatic N) is 2. The van der Waals surface area contributed by atoms with E-state index in [1.54, 1.807) is 12.4 Å². The molecule has 0 amide bonds. The van der Waals surface area contributed by atoms with E-state index < -0.39 is 0 Å². The van der Waals surface area contributed by atoms with Gasteiger partial charge >= 0.3 is 6.01 Å². The monoisotopic (exact) mass is 285 g/mol. The molecule has 4 nitrogen and oxygen atoms in total. The molecule has 0 saturated heterocycles. The number of rotatable bonds is 2. The largest absolute Gasteiger partial charge is 0.458 e. The highest BCUT2D eigenvalue weighted by Gasteiger charge is 2.22. The van der Waals surface area contributed by atoms with Crippen LogP contribution in [0.2, 0.25) is 0 Å². The van der Waals surface area contributed by atoms with Crippen LogP contribution in [-0.2, 0) is 0 Å². The van der Waals surface area contributed by atoms with E-state index in [1.165, 1.54) is 19.3 Å². The van der Waals surface area contributed by atoms with E-state index in [0.29, 0.717) is 6.01 Å². The Labute approximate surface area is 104 Å². The second-order valence-electron chi connectivity index (χ2n) is 4.14. The molecular formula is C11H16BrN3O. The van der Waals surface area contributed by atoms with Gasteiger partial charge in [0.2, 0.25) is 0 Å². The average Bonchev–Trinajstić information content (AvgIpc) is 2.48. The highest BCUT2D eigenvalue weighted by Crippen LogP contribution is 2.20. The van der Waals surface area contributed by atoms with Gasteiger partial charge in [-0.3, -0.25) is 0 Å². The van der Waals surface area contributed by atoms with E-state index in [2.05, 4.69) is 25.9 Å². The first kappa shape index (κ1) is 11.8. The zero-order valence-electron chi connectivity index (χ0n) is 9.10. The average molecular weight is 286 g/mol. The highest BCUT2D eigenvalue weighted by molar-refractivity contribution is 9.10. The number of halogens is 1. The minimum Gasteiger partial charge on any atom is -0.458 e. The minimum atomic E-state index is 0.0590. The molecule has 5 heteroatoms. The molecule has 1 saturated carbocycles. The zero-order chi connectivity index (χ0) is 11.4. The summed E-state index contributed by atoms with van der Waals surface area (Å²) in [7, 11) is 0. The molecule has 1 aromatic heterocycles. The molecule has 88 valence electrons. The molecule has 0 aliphatic heterocycles. The smallest absolute Gasteiger partial charge is 0.316 e. The molecule has 0 bridgehead atoms. The first-order valence-corrected chi connectivity index (χ1v) is 6.45. The van der Waals surface area contributed by atoms with Crippen LogP contribution >= 0.6 is 15.9 Å². The number of nitrogens with two attached hydrogens (primary N) is 1. The Balaban J connectivity index is 1.99. The van der Waals surface area contributed by atoms with Gasteiger partial charge < -0.3 is 10.5 Å². The van der Waals surface area contributed by atoms with Gasteiger partial charge in [-0.1, -0.05) is 12.8 Å². The summed E-state index contributed by atoms with van der Waals surface area (Å²) < 4.78 is 6.59. The maximum absolute atomic E-state index is 6.07. The van der Waals surface area contributed by atoms with Gasteiger partial charge in [0.25, 0.3) is 0 Å². The second kappa shape index (κ2) is 5.59. The summed E-state index contributed by atoms with van der Waals surface area (Å²) in [6, 6.07) is 0.528. The summed E-state index contributed by atoms with van der Waals surface area (Å²) in [6.45, 7) is 0. The molecule has 2 unspecified atom stereocenters. The van der Waals surface area contributed by atoms with Crippen molar-refractivity contribution in [3.05, 3.63) is 16.9 Å². The molecule has 1 aliphatic carbocycles. The number of hydrogen-bond acceptors (Lipinski definition) is 4. The lowest BCUT2D eigenvalue weighted by Gasteiger charge is -2.21. The third kappa shape index (κ3) is 3.15. The summed E-state index contributed by atoms with van der Waals surface area (Å²) in [5.74, 6) is 0. The Bertz CT molecular complexity index is 331. The fourth-order valence-corrected chi connectivity index (χ4v) is 2.15. The fourth-order valence-electron chi connectivity index (χ4n) is 1.95. The van der Waals surface area contributed by atoms with Gasteiger partial charge in [0, 0.05) is 18.4 Å². The normalized spacial score (nSPS) is 26.1. The van der Waals surface area contributed by atoms with Gasteiger partial charge in [-0.15, -0.1) is 0 Å². The first-order valence-electron chi connectivity index (χ1n) is 5.65. The van der Waals surface area contributed by atoms with Crippen LogP contribution in [0, 0.1) is 0 Å². The maximum Gasteiger partial charge on any atom is 0.316 e. The van der Waals surface area contributed by atoms with Crippen LogP contribution in [0.1, 0.15) is 32.1 Å². The van der Waals surface area contributed by atoms with E-state index in [4.69, 9.17) is 10.5 Å². The standard InChI is InChI=1S/C11H16BrN3O/c12-8-6-14-11(15-7-8)16-10-5-3-1-2-4-9(10)13/h6-7,9-10H,1-5,13H2. The molecular weight excluding hydrogens is 270 g/mol. The van der Waals surface area contributed by atoms with Crippen LogP contribution in [0.5, 0.6) is 6.01 Å². The van der Waals surface area contributed by atoms with Crippen LogP contribution in [-0.4, -0.2) is 22.1 Å². The van der Waals surface area contributed by atoms with Crippen LogP contribution in [0.3, 0.4) is 0 Å². The Hall–Kier alpha value is -0.680. The summed E-state index contributed by atoms with van der Waals surface area (Å²) in [5.41, 5.74) is 6.07. The molecule has 0 aromatic carbocycles. The van der Waals surface area contributed by atoms with Crippen molar-refractivity contribution in [3.8, 4) is 6.01 Å². The van der Waals surface area contributed by atoms with E-state index >= 15 is 0 Å². The van der Waals surface area contributed by atoms with Crippen LogP contribution in [0.15, 0.2) is 16.9 Å². The number of aromatic nitrogens is 2. The van der Waals surface area contributed by atoms with Crippen LogP contribution in [0.4, 0.5) is 0 Å². The van der Waals surface area contributed by atoms with Gasteiger partial charge in [-0.25, -0.2) is 9.97 Å². The van der Waals surface area contributed by atoms with E-state index in [9.17, 15) is 0 Å². The van der Waals surface area contributed by atoms with Gasteiger partial charge in [-0.05, 0) is 35.2 Å². The van der Waals surface area contributed by atoms with Crippen molar-refractivity contribution in [1.29, 1.82) is 0 Å². The topological polar surface area (TPSA) is 61.0 Å². The Morgan fingerprint density at radius 3 is 2.62 bits per heavy atom. The quantitative estimate of drug-likeness (QED) is 0.847. The fraction of sp³-hybridized carbons (Fsp3) is 0.636. The summed E-state index contributed by atoms with van der Waals surface area (Å²) in [6.07, 6.45) is 9.08. The second-order valence-corrected chi connectivity index (χ2v) is 5.06. The molecule has 16 heavy (non-hydrogen) atoms. The van der Waals surface area contributed by atoms with E-state index in [1.807, 2.05) is 0 Å². The maximum atomic E-state index is 6.07. The van der Waals surface area contributed by atoms with Crippen molar-refractivity contribution < 1.29 is 4.74 Å².